The SMILES string of the molecule is CCNC(C)CC(C)Cc1nc(C)cs1. The highest BCUT2D eigenvalue weighted by Gasteiger charge is 2.10. The highest BCUT2D eigenvalue weighted by Crippen LogP contribution is 2.17. The van der Waals surface area contributed by atoms with Crippen molar-refractivity contribution in [1.29, 1.82) is 0 Å². The van der Waals surface area contributed by atoms with E-state index in [0.29, 0.717) is 12.0 Å². The second-order valence-corrected chi connectivity index (χ2v) is 5.33. The quantitative estimate of drug-likeness (QED) is 0.806. The molecule has 86 valence electrons. The number of aryl methyl sites for hydroxylation is 1. The van der Waals surface area contributed by atoms with Crippen LogP contribution in [0.15, 0.2) is 5.38 Å². The standard InChI is InChI=1S/C12H22N2S/c1-5-13-10(3)6-9(2)7-12-14-11(4)8-15-12/h8-10,13H,5-7H2,1-4H3. The van der Waals surface area contributed by atoms with Crippen molar-refractivity contribution in [3.8, 4) is 0 Å². The van der Waals surface area contributed by atoms with Crippen LogP contribution in [-0.4, -0.2) is 17.6 Å². The molecule has 3 heteroatoms. The van der Waals surface area contributed by atoms with Gasteiger partial charge in [-0.05, 0) is 32.7 Å². The Labute approximate surface area is 97.1 Å². The van der Waals surface area contributed by atoms with Gasteiger partial charge in [-0.15, -0.1) is 11.3 Å². The highest BCUT2D eigenvalue weighted by atomic mass is 32.1. The molecule has 0 fully saturated rings. The predicted molar refractivity (Wildman–Crippen MR) is 67.5 cm³/mol. The summed E-state index contributed by atoms with van der Waals surface area (Å²) in [5.41, 5.74) is 1.15. The molecule has 0 bridgehead atoms. The van der Waals surface area contributed by atoms with Crippen LogP contribution in [-0.2, 0) is 6.42 Å². The Kier molecular flexibility index (Phi) is 5.26. The van der Waals surface area contributed by atoms with E-state index in [1.54, 1.807) is 11.3 Å². The summed E-state index contributed by atoms with van der Waals surface area (Å²) in [6.07, 6.45) is 2.35. The lowest BCUT2D eigenvalue weighted by Crippen LogP contribution is -2.27. The molecule has 2 unspecified atom stereocenters. The summed E-state index contributed by atoms with van der Waals surface area (Å²) >= 11 is 1.79. The van der Waals surface area contributed by atoms with E-state index in [1.165, 1.54) is 11.4 Å². The van der Waals surface area contributed by atoms with Gasteiger partial charge >= 0.3 is 0 Å². The molecule has 1 rings (SSSR count). The minimum Gasteiger partial charge on any atom is -0.315 e. The van der Waals surface area contributed by atoms with Crippen molar-refractivity contribution in [1.82, 2.24) is 10.3 Å². The molecule has 0 radical (unpaired) electrons. The van der Waals surface area contributed by atoms with Crippen molar-refractivity contribution in [2.45, 2.75) is 46.6 Å². The van der Waals surface area contributed by atoms with Gasteiger partial charge in [-0.3, -0.25) is 0 Å². The summed E-state index contributed by atoms with van der Waals surface area (Å²) in [5.74, 6) is 0.713. The third-order valence-corrected chi connectivity index (χ3v) is 3.49. The molecule has 0 aliphatic heterocycles. The summed E-state index contributed by atoms with van der Waals surface area (Å²) in [5, 5.41) is 6.87. The zero-order valence-electron chi connectivity index (χ0n) is 10.2. The Morgan fingerprint density at radius 1 is 1.47 bits per heavy atom. The fraction of sp³-hybridized carbons (Fsp3) is 0.750. The molecule has 2 nitrogen and oxygen atoms in total. The zero-order chi connectivity index (χ0) is 11.3. The first-order chi connectivity index (χ1) is 7.11. The van der Waals surface area contributed by atoms with Crippen molar-refractivity contribution in [2.24, 2.45) is 5.92 Å². The number of aromatic nitrogens is 1. The van der Waals surface area contributed by atoms with Crippen LogP contribution in [0.3, 0.4) is 0 Å². The normalized spacial score (nSPS) is 15.2. The maximum Gasteiger partial charge on any atom is 0.0930 e. The van der Waals surface area contributed by atoms with Gasteiger partial charge < -0.3 is 5.32 Å². The molecule has 0 saturated heterocycles. The van der Waals surface area contributed by atoms with E-state index >= 15 is 0 Å². The van der Waals surface area contributed by atoms with Gasteiger partial charge in [-0.1, -0.05) is 13.8 Å². The first-order valence-corrected chi connectivity index (χ1v) is 6.64. The first kappa shape index (κ1) is 12.7. The second-order valence-electron chi connectivity index (χ2n) is 4.39. The molecule has 0 spiro atoms. The van der Waals surface area contributed by atoms with E-state index < -0.39 is 0 Å². The monoisotopic (exact) mass is 226 g/mol. The van der Waals surface area contributed by atoms with E-state index in [-0.39, 0.29) is 0 Å². The van der Waals surface area contributed by atoms with Crippen molar-refractivity contribution in [2.75, 3.05) is 6.54 Å². The molecule has 2 atom stereocenters. The van der Waals surface area contributed by atoms with Crippen LogP contribution in [0, 0.1) is 12.8 Å². The Morgan fingerprint density at radius 3 is 2.73 bits per heavy atom. The van der Waals surface area contributed by atoms with Crippen LogP contribution in [0.5, 0.6) is 0 Å². The Balaban J connectivity index is 2.32. The molecule has 0 aliphatic rings. The molecule has 0 saturated carbocycles. The van der Waals surface area contributed by atoms with Crippen LogP contribution >= 0.6 is 11.3 Å². The molecule has 0 aromatic carbocycles. The summed E-state index contributed by atoms with van der Waals surface area (Å²) in [7, 11) is 0. The fourth-order valence-corrected chi connectivity index (χ4v) is 2.85. The van der Waals surface area contributed by atoms with Crippen molar-refractivity contribution >= 4 is 11.3 Å². The molecule has 15 heavy (non-hydrogen) atoms. The maximum absolute atomic E-state index is 4.50. The Bertz CT molecular complexity index is 283. The van der Waals surface area contributed by atoms with Crippen LogP contribution in [0.2, 0.25) is 0 Å². The average Bonchev–Trinajstić information content (AvgIpc) is 2.51. The van der Waals surface area contributed by atoms with Gasteiger partial charge in [0.1, 0.15) is 0 Å². The summed E-state index contributed by atoms with van der Waals surface area (Å²) in [4.78, 5) is 4.50. The Hall–Kier alpha value is -0.410. The summed E-state index contributed by atoms with van der Waals surface area (Å²) in [6, 6.07) is 0.617. The summed E-state index contributed by atoms with van der Waals surface area (Å²) in [6.45, 7) is 9.85. The van der Waals surface area contributed by atoms with E-state index in [2.05, 4.69) is 43.4 Å². The minimum atomic E-state index is 0.617. The lowest BCUT2D eigenvalue weighted by molar-refractivity contribution is 0.426. The molecule has 1 aromatic rings. The van der Waals surface area contributed by atoms with E-state index in [0.717, 1.165) is 18.7 Å². The number of rotatable bonds is 6. The number of hydrogen-bond donors (Lipinski definition) is 1. The maximum atomic E-state index is 4.50. The van der Waals surface area contributed by atoms with Crippen molar-refractivity contribution < 1.29 is 0 Å². The highest BCUT2D eigenvalue weighted by molar-refractivity contribution is 7.09. The number of nitrogens with one attached hydrogen (secondary N) is 1. The second kappa shape index (κ2) is 6.23. The van der Waals surface area contributed by atoms with Crippen molar-refractivity contribution in [3.05, 3.63) is 16.1 Å². The van der Waals surface area contributed by atoms with Gasteiger partial charge in [0.15, 0.2) is 0 Å². The van der Waals surface area contributed by atoms with Gasteiger partial charge in [-0.25, -0.2) is 4.98 Å². The van der Waals surface area contributed by atoms with Crippen LogP contribution in [0.25, 0.3) is 0 Å². The minimum absolute atomic E-state index is 0.617. The van der Waals surface area contributed by atoms with Crippen LogP contribution in [0.4, 0.5) is 0 Å². The average molecular weight is 226 g/mol. The van der Waals surface area contributed by atoms with Crippen LogP contribution < -0.4 is 5.32 Å². The topological polar surface area (TPSA) is 24.9 Å². The van der Waals surface area contributed by atoms with E-state index in [1.807, 2.05) is 0 Å². The molecular weight excluding hydrogens is 204 g/mol. The molecular formula is C12H22N2S. The number of nitrogens with zero attached hydrogens (tertiary/aromatic N) is 1. The number of thiazole rings is 1. The molecule has 1 heterocycles. The van der Waals surface area contributed by atoms with Gasteiger partial charge in [-0.2, -0.15) is 0 Å². The molecule has 0 amide bonds. The predicted octanol–water partition coefficient (Wildman–Crippen LogP) is 3.02. The Morgan fingerprint density at radius 2 is 2.20 bits per heavy atom. The third-order valence-electron chi connectivity index (χ3n) is 2.50. The lowest BCUT2D eigenvalue weighted by Gasteiger charge is -2.16. The van der Waals surface area contributed by atoms with Gasteiger partial charge in [0.25, 0.3) is 0 Å². The third kappa shape index (κ3) is 4.76. The number of hydrogen-bond acceptors (Lipinski definition) is 3. The zero-order valence-corrected chi connectivity index (χ0v) is 11.0. The fourth-order valence-electron chi connectivity index (χ4n) is 1.91. The molecule has 0 aliphatic carbocycles. The summed E-state index contributed by atoms with van der Waals surface area (Å²) < 4.78 is 0. The first-order valence-electron chi connectivity index (χ1n) is 5.76. The van der Waals surface area contributed by atoms with Gasteiger partial charge in [0.2, 0.25) is 0 Å². The largest absolute Gasteiger partial charge is 0.315 e. The lowest BCUT2D eigenvalue weighted by atomic mass is 10.00. The van der Waals surface area contributed by atoms with Crippen molar-refractivity contribution in [3.63, 3.8) is 0 Å². The van der Waals surface area contributed by atoms with Crippen LogP contribution in [0.1, 0.15) is 37.9 Å². The molecule has 1 aromatic heterocycles. The van der Waals surface area contributed by atoms with Gasteiger partial charge in [0.05, 0.1) is 5.01 Å². The molecule has 1 N–H and O–H groups in total. The van der Waals surface area contributed by atoms with E-state index in [9.17, 15) is 0 Å². The van der Waals surface area contributed by atoms with E-state index in [4.69, 9.17) is 0 Å². The smallest absolute Gasteiger partial charge is 0.0930 e. The van der Waals surface area contributed by atoms with Gasteiger partial charge in [0, 0.05) is 23.5 Å².